The van der Waals surface area contributed by atoms with Crippen molar-refractivity contribution in [2.24, 2.45) is 0 Å². The number of piperazine rings is 1. The number of fused-ring (bicyclic) bond motifs is 3. The van der Waals surface area contributed by atoms with Crippen molar-refractivity contribution < 1.29 is 1.43 Å². The average molecular weight is 128 g/mol. The first-order chi connectivity index (χ1) is 4.36. The molecule has 3 fully saturated rings. The Morgan fingerprint density at radius 1 is 1.56 bits per heavy atom. The van der Waals surface area contributed by atoms with Gasteiger partial charge in [0.1, 0.15) is 0 Å². The predicted molar refractivity (Wildman–Crippen MR) is 39.6 cm³/mol. The van der Waals surface area contributed by atoms with Crippen LogP contribution in [-0.2, 0) is 0 Å². The molecule has 3 aliphatic rings. The molecule has 2 unspecified atom stereocenters. The summed E-state index contributed by atoms with van der Waals surface area (Å²) in [7, 11) is 2.23. The summed E-state index contributed by atoms with van der Waals surface area (Å²) in [6.45, 7) is 2.49. The van der Waals surface area contributed by atoms with Crippen molar-refractivity contribution >= 4 is 0 Å². The molecule has 54 valence electrons. The van der Waals surface area contributed by atoms with Gasteiger partial charge < -0.3 is 10.2 Å². The van der Waals surface area contributed by atoms with Crippen molar-refractivity contribution in [2.45, 2.75) is 24.9 Å². The third kappa shape index (κ3) is 0.864. The van der Waals surface area contributed by atoms with Crippen LogP contribution in [0.15, 0.2) is 0 Å². The molecular weight excluding hydrogens is 112 g/mol. The molecule has 2 heteroatoms. The molecule has 2 atom stereocenters. The average Bonchev–Trinajstić information content (AvgIpc) is 1.90. The van der Waals surface area contributed by atoms with Crippen molar-refractivity contribution in [1.29, 1.82) is 0 Å². The number of likely N-dealkylation sites (N-methyl/N-ethyl adjacent to an activating group) is 1. The molecule has 9 heavy (non-hydrogen) atoms. The van der Waals surface area contributed by atoms with Gasteiger partial charge in [0, 0.05) is 26.6 Å². The van der Waals surface area contributed by atoms with Gasteiger partial charge in [-0.2, -0.15) is 0 Å². The summed E-state index contributed by atoms with van der Waals surface area (Å²) < 4.78 is 0. The van der Waals surface area contributed by atoms with Gasteiger partial charge in [-0.1, -0.05) is 0 Å². The van der Waals surface area contributed by atoms with Gasteiger partial charge in [0.2, 0.25) is 0 Å². The fraction of sp³-hybridized carbons (Fsp3) is 1.00. The third-order valence-electron chi connectivity index (χ3n) is 2.62. The van der Waals surface area contributed by atoms with Crippen LogP contribution in [0.4, 0.5) is 0 Å². The molecule has 0 aromatic rings. The molecule has 2 bridgehead atoms. The molecule has 0 aromatic carbocycles. The Labute approximate surface area is 57.7 Å². The van der Waals surface area contributed by atoms with Gasteiger partial charge >= 0.3 is 0 Å². The number of rotatable bonds is 0. The summed E-state index contributed by atoms with van der Waals surface area (Å²) in [5.74, 6) is 0. The minimum atomic E-state index is 0. The number of nitrogens with zero attached hydrogens (tertiary/aromatic N) is 1. The van der Waals surface area contributed by atoms with E-state index in [2.05, 4.69) is 17.3 Å². The largest absolute Gasteiger partial charge is 0.311 e. The summed E-state index contributed by atoms with van der Waals surface area (Å²) >= 11 is 0. The lowest BCUT2D eigenvalue weighted by Crippen LogP contribution is -2.59. The van der Waals surface area contributed by atoms with Crippen LogP contribution in [0.25, 0.3) is 0 Å². The van der Waals surface area contributed by atoms with Gasteiger partial charge in [0.05, 0.1) is 0 Å². The maximum Gasteiger partial charge on any atom is 0.0218 e. The molecule has 1 N–H and O–H groups in total. The predicted octanol–water partition coefficient (Wildman–Crippen LogP) is 0.298. The Morgan fingerprint density at radius 2 is 2.44 bits per heavy atom. The fourth-order valence-corrected chi connectivity index (χ4v) is 1.93. The first-order valence-electron chi connectivity index (χ1n) is 3.80. The summed E-state index contributed by atoms with van der Waals surface area (Å²) in [5.41, 5.74) is 0. The second kappa shape index (κ2) is 1.96. The zero-order chi connectivity index (χ0) is 6.27. The Morgan fingerprint density at radius 3 is 2.67 bits per heavy atom. The van der Waals surface area contributed by atoms with Crippen LogP contribution in [-0.4, -0.2) is 37.1 Å². The highest BCUT2D eigenvalue weighted by molar-refractivity contribution is 4.90. The van der Waals surface area contributed by atoms with Crippen LogP contribution in [0.5, 0.6) is 0 Å². The van der Waals surface area contributed by atoms with E-state index < -0.39 is 0 Å². The van der Waals surface area contributed by atoms with Crippen LogP contribution < -0.4 is 5.32 Å². The molecule has 3 aliphatic heterocycles. The normalized spacial score (nSPS) is 43.7. The van der Waals surface area contributed by atoms with Crippen LogP contribution in [0.3, 0.4) is 0 Å². The molecule has 0 aliphatic carbocycles. The van der Waals surface area contributed by atoms with E-state index in [1.807, 2.05) is 0 Å². The minimum Gasteiger partial charge on any atom is -0.311 e. The van der Waals surface area contributed by atoms with Gasteiger partial charge in [-0.15, -0.1) is 0 Å². The second-order valence-electron chi connectivity index (χ2n) is 3.28. The van der Waals surface area contributed by atoms with E-state index in [9.17, 15) is 0 Å². The Hall–Kier alpha value is -0.0800. The summed E-state index contributed by atoms with van der Waals surface area (Å²) in [4.78, 5) is 2.48. The van der Waals surface area contributed by atoms with E-state index in [0.29, 0.717) is 0 Å². The number of piperidine rings is 2. The highest BCUT2D eigenvalue weighted by Crippen LogP contribution is 2.19. The summed E-state index contributed by atoms with van der Waals surface area (Å²) in [5, 5.41) is 3.51. The van der Waals surface area contributed by atoms with E-state index in [1.54, 1.807) is 0 Å². The summed E-state index contributed by atoms with van der Waals surface area (Å²) in [6.07, 6.45) is 2.81. The SMILES string of the molecule is CN1CC2CCC1CN2.[HH]. The van der Waals surface area contributed by atoms with Crippen LogP contribution >= 0.6 is 0 Å². The van der Waals surface area contributed by atoms with Gasteiger partial charge in [-0.05, 0) is 19.9 Å². The summed E-state index contributed by atoms with van der Waals surface area (Å²) in [6, 6.07) is 1.65. The number of hydrogen-bond acceptors (Lipinski definition) is 2. The standard InChI is InChI=1S/C7H14N2.H2/c1-9-5-6-2-3-7(9)4-8-6;/h6-8H,2-5H2,1H3;1H. The molecule has 3 saturated heterocycles. The van der Waals surface area contributed by atoms with Crippen molar-refractivity contribution in [3.63, 3.8) is 0 Å². The maximum absolute atomic E-state index is 3.51. The lowest BCUT2D eigenvalue weighted by atomic mass is 9.94. The van der Waals surface area contributed by atoms with Crippen molar-refractivity contribution in [2.75, 3.05) is 20.1 Å². The smallest absolute Gasteiger partial charge is 0.0218 e. The molecule has 0 spiro atoms. The Bertz CT molecular complexity index is 110. The molecule has 0 amide bonds. The lowest BCUT2D eigenvalue weighted by Gasteiger charge is -2.44. The van der Waals surface area contributed by atoms with Gasteiger partial charge in [0.15, 0.2) is 0 Å². The van der Waals surface area contributed by atoms with E-state index >= 15 is 0 Å². The van der Waals surface area contributed by atoms with Crippen LogP contribution in [0.1, 0.15) is 14.3 Å². The van der Waals surface area contributed by atoms with Crippen LogP contribution in [0, 0.1) is 0 Å². The zero-order valence-electron chi connectivity index (χ0n) is 5.93. The van der Waals surface area contributed by atoms with Gasteiger partial charge in [-0.3, -0.25) is 0 Å². The molecule has 3 heterocycles. The van der Waals surface area contributed by atoms with Crippen molar-refractivity contribution in [3.05, 3.63) is 0 Å². The van der Waals surface area contributed by atoms with E-state index in [-0.39, 0.29) is 1.43 Å². The topological polar surface area (TPSA) is 15.3 Å². The number of nitrogens with one attached hydrogen (secondary N) is 1. The van der Waals surface area contributed by atoms with E-state index in [1.165, 1.54) is 25.9 Å². The molecule has 0 aromatic heterocycles. The Balaban J connectivity index is 0.000000500. The maximum atomic E-state index is 3.51. The van der Waals surface area contributed by atoms with Crippen molar-refractivity contribution in [3.8, 4) is 0 Å². The van der Waals surface area contributed by atoms with E-state index in [0.717, 1.165) is 12.1 Å². The highest BCUT2D eigenvalue weighted by atomic mass is 15.2. The van der Waals surface area contributed by atoms with Crippen LogP contribution in [0.2, 0.25) is 0 Å². The first-order valence-corrected chi connectivity index (χ1v) is 3.80. The molecule has 0 radical (unpaired) electrons. The monoisotopic (exact) mass is 128 g/mol. The third-order valence-corrected chi connectivity index (χ3v) is 2.62. The molecule has 2 nitrogen and oxygen atoms in total. The molecule has 0 saturated carbocycles. The molecule has 3 rings (SSSR count). The van der Waals surface area contributed by atoms with Crippen molar-refractivity contribution in [1.82, 2.24) is 10.2 Å². The number of hydrogen-bond donors (Lipinski definition) is 1. The first kappa shape index (κ1) is 5.69. The second-order valence-corrected chi connectivity index (χ2v) is 3.28. The van der Waals surface area contributed by atoms with Gasteiger partial charge in [0.25, 0.3) is 0 Å². The fourth-order valence-electron chi connectivity index (χ4n) is 1.93. The zero-order valence-corrected chi connectivity index (χ0v) is 5.93. The molecular formula is C7H16N2. The van der Waals surface area contributed by atoms with E-state index in [4.69, 9.17) is 0 Å². The van der Waals surface area contributed by atoms with Gasteiger partial charge in [-0.25, -0.2) is 0 Å². The quantitative estimate of drug-likeness (QED) is 0.504. The Kier molecular flexibility index (Phi) is 1.24. The lowest BCUT2D eigenvalue weighted by molar-refractivity contribution is 0.101. The highest BCUT2D eigenvalue weighted by Gasteiger charge is 2.30. The minimum absolute atomic E-state index is 0.